The minimum Gasteiger partial charge on any atom is -0.756 e. The van der Waals surface area contributed by atoms with Crippen LogP contribution in [-0.2, 0) is 18.4 Å². The van der Waals surface area contributed by atoms with Crippen molar-refractivity contribution in [2.75, 3.05) is 40.9 Å². The molecule has 8 nitrogen and oxygen atoms in total. The van der Waals surface area contributed by atoms with Crippen LogP contribution in [0.4, 0.5) is 0 Å². The lowest BCUT2D eigenvalue weighted by molar-refractivity contribution is -0.870. The van der Waals surface area contributed by atoms with Crippen molar-refractivity contribution in [3.05, 3.63) is 85.1 Å². The quantitative estimate of drug-likeness (QED) is 0.0272. The van der Waals surface area contributed by atoms with Gasteiger partial charge in [-0.05, 0) is 57.8 Å². The van der Waals surface area contributed by atoms with Crippen molar-refractivity contribution in [1.29, 1.82) is 0 Å². The first kappa shape index (κ1) is 68.7. The number of aliphatic hydroxyl groups is 1. The van der Waals surface area contributed by atoms with E-state index in [1.54, 1.807) is 6.08 Å². The van der Waals surface area contributed by atoms with E-state index < -0.39 is 26.6 Å². The van der Waals surface area contributed by atoms with Gasteiger partial charge in [-0.1, -0.05) is 272 Å². The Morgan fingerprint density at radius 1 is 0.507 bits per heavy atom. The second-order valence-corrected chi connectivity index (χ2v) is 22.4. The summed E-state index contributed by atoms with van der Waals surface area (Å²) in [6.45, 7) is 4.49. The van der Waals surface area contributed by atoms with Gasteiger partial charge in [-0.2, -0.15) is 0 Å². The van der Waals surface area contributed by atoms with E-state index >= 15 is 0 Å². The number of rotatable bonds is 53. The highest BCUT2D eigenvalue weighted by Crippen LogP contribution is 2.38. The van der Waals surface area contributed by atoms with Gasteiger partial charge in [-0.3, -0.25) is 9.36 Å². The van der Waals surface area contributed by atoms with Gasteiger partial charge in [0.25, 0.3) is 7.82 Å². The summed E-state index contributed by atoms with van der Waals surface area (Å²) in [5.41, 5.74) is 0. The third-order valence-electron chi connectivity index (χ3n) is 12.9. The minimum absolute atomic E-state index is 0.0185. The molecule has 0 rings (SSSR count). The van der Waals surface area contributed by atoms with Gasteiger partial charge in [-0.15, -0.1) is 0 Å². The van der Waals surface area contributed by atoms with Crippen molar-refractivity contribution in [2.24, 2.45) is 0 Å². The summed E-state index contributed by atoms with van der Waals surface area (Å²) < 4.78 is 23.3. The van der Waals surface area contributed by atoms with Gasteiger partial charge in [0.1, 0.15) is 13.2 Å². The second kappa shape index (κ2) is 52.5. The van der Waals surface area contributed by atoms with Crippen LogP contribution in [-0.4, -0.2) is 68.5 Å². The number of unbranched alkanes of at least 4 members (excludes halogenated alkanes) is 28. The normalized spacial score (nSPS) is 14.5. The highest BCUT2D eigenvalue weighted by molar-refractivity contribution is 7.45. The summed E-state index contributed by atoms with van der Waals surface area (Å²) in [4.78, 5) is 25.4. The van der Waals surface area contributed by atoms with Crippen LogP contribution in [0.3, 0.4) is 0 Å². The summed E-state index contributed by atoms with van der Waals surface area (Å²) >= 11 is 0. The van der Waals surface area contributed by atoms with E-state index in [1.807, 2.05) is 39.4 Å². The van der Waals surface area contributed by atoms with Crippen molar-refractivity contribution >= 4 is 13.7 Å². The van der Waals surface area contributed by atoms with Crippen LogP contribution >= 0.6 is 7.82 Å². The lowest BCUT2D eigenvalue weighted by Crippen LogP contribution is -2.45. The predicted molar refractivity (Wildman–Crippen MR) is 307 cm³/mol. The molecule has 0 aliphatic heterocycles. The molecule has 3 unspecified atom stereocenters. The van der Waals surface area contributed by atoms with E-state index in [1.165, 1.54) is 167 Å². The zero-order valence-electron chi connectivity index (χ0n) is 46.9. The van der Waals surface area contributed by atoms with Crippen LogP contribution in [0.15, 0.2) is 85.1 Å². The Bertz CT molecular complexity index is 1430. The average Bonchev–Trinajstić information content (AvgIpc) is 3.33. The molecule has 0 aliphatic rings. The van der Waals surface area contributed by atoms with Gasteiger partial charge in [0, 0.05) is 6.42 Å². The maximum Gasteiger partial charge on any atom is 0.268 e. The molecular formula is C62H113N2O6P. The third kappa shape index (κ3) is 55.3. The molecule has 1 amide bonds. The molecule has 0 heterocycles. The van der Waals surface area contributed by atoms with Crippen molar-refractivity contribution in [3.8, 4) is 0 Å². The molecule has 0 fully saturated rings. The first-order valence-electron chi connectivity index (χ1n) is 29.4. The standard InChI is InChI=1S/C62H113N2O6P/c1-6-8-10-12-14-16-18-20-22-24-26-27-28-29-30-31-32-33-34-35-36-38-39-41-43-45-47-49-51-53-55-61(65)60(59-70-71(67,68)69-58-57-64(3,4)5)63-62(66)56-54-52-50-48-46-44-42-40-37-25-23-21-19-17-15-13-11-9-7-2/h9,11,15,17,21,23,37,40,44,46,50,52-53,55,60-61,65H,6-8,10,12-14,16,18-20,22,24-36,38-39,41-43,45,47-49,51,54,56-59H2,1-5H3,(H-,63,66,67,68)/b11-9-,17-15-,23-21-,40-37-,46-44-,52-50-,55-53+. The number of quaternary nitrogens is 1. The fourth-order valence-corrected chi connectivity index (χ4v) is 9.02. The van der Waals surface area contributed by atoms with E-state index in [-0.39, 0.29) is 18.9 Å². The van der Waals surface area contributed by atoms with E-state index in [9.17, 15) is 19.4 Å². The lowest BCUT2D eigenvalue weighted by atomic mass is 10.0. The van der Waals surface area contributed by atoms with Crippen molar-refractivity contribution in [3.63, 3.8) is 0 Å². The van der Waals surface area contributed by atoms with Crippen LogP contribution in [0.2, 0.25) is 0 Å². The molecule has 3 atom stereocenters. The number of phosphoric acid groups is 1. The Hall–Kier alpha value is -2.32. The zero-order chi connectivity index (χ0) is 52.0. The summed E-state index contributed by atoms with van der Waals surface area (Å²) in [6, 6.07) is -0.933. The third-order valence-corrected chi connectivity index (χ3v) is 13.8. The van der Waals surface area contributed by atoms with Crippen LogP contribution in [0, 0.1) is 0 Å². The van der Waals surface area contributed by atoms with E-state index in [0.717, 1.165) is 57.8 Å². The van der Waals surface area contributed by atoms with Gasteiger partial charge < -0.3 is 28.8 Å². The largest absolute Gasteiger partial charge is 0.756 e. The fourth-order valence-electron chi connectivity index (χ4n) is 8.30. The van der Waals surface area contributed by atoms with E-state index in [0.29, 0.717) is 17.4 Å². The van der Waals surface area contributed by atoms with Crippen molar-refractivity contribution < 1.29 is 32.9 Å². The molecule has 0 aromatic carbocycles. The van der Waals surface area contributed by atoms with Gasteiger partial charge >= 0.3 is 0 Å². The second-order valence-electron chi connectivity index (χ2n) is 21.0. The summed E-state index contributed by atoms with van der Waals surface area (Å²) in [5, 5.41) is 13.8. The number of phosphoric ester groups is 1. The Kier molecular flexibility index (Phi) is 50.8. The molecule has 71 heavy (non-hydrogen) atoms. The zero-order valence-corrected chi connectivity index (χ0v) is 47.8. The summed E-state index contributed by atoms with van der Waals surface area (Å²) in [5.74, 6) is -0.280. The number of carbonyl (C=O) groups is 1. The van der Waals surface area contributed by atoms with Crippen LogP contribution < -0.4 is 10.2 Å². The number of likely N-dealkylation sites (N-methyl/N-ethyl adjacent to an activating group) is 1. The predicted octanol–water partition coefficient (Wildman–Crippen LogP) is 17.4. The first-order valence-corrected chi connectivity index (χ1v) is 30.9. The minimum atomic E-state index is -4.62. The molecule has 0 spiro atoms. The fraction of sp³-hybridized carbons (Fsp3) is 0.758. The maximum atomic E-state index is 12.9. The number of hydrogen-bond acceptors (Lipinski definition) is 6. The van der Waals surface area contributed by atoms with E-state index in [4.69, 9.17) is 9.05 Å². The molecule has 0 radical (unpaired) electrons. The van der Waals surface area contributed by atoms with Crippen LogP contribution in [0.25, 0.3) is 0 Å². The number of nitrogens with zero attached hydrogens (tertiary/aromatic N) is 1. The molecule has 0 saturated carbocycles. The topological polar surface area (TPSA) is 108 Å². The van der Waals surface area contributed by atoms with Crippen molar-refractivity contribution in [2.45, 2.75) is 264 Å². The summed E-state index contributed by atoms with van der Waals surface area (Å²) in [7, 11) is 1.21. The number of amides is 1. The number of nitrogens with one attached hydrogen (secondary N) is 1. The molecule has 412 valence electrons. The highest BCUT2D eigenvalue weighted by Gasteiger charge is 2.23. The number of hydrogen-bond donors (Lipinski definition) is 2. The summed E-state index contributed by atoms with van der Waals surface area (Å²) in [6.07, 6.45) is 74.1. The average molecular weight is 1010 g/mol. The Morgan fingerprint density at radius 3 is 1.23 bits per heavy atom. The SMILES string of the molecule is CC/C=C\C/C=C\C/C=C\C/C=C\C/C=C\C/C=C\CCC(=O)NC(COP(=O)([O-])OCC[N+](C)(C)C)C(O)/C=C/CCCCCCCCCCCCCCCCCCCCCCCCCCCCCC. The first-order chi connectivity index (χ1) is 34.5. The highest BCUT2D eigenvalue weighted by atomic mass is 31.2. The monoisotopic (exact) mass is 1010 g/mol. The van der Waals surface area contributed by atoms with Crippen LogP contribution in [0.1, 0.15) is 251 Å². The Morgan fingerprint density at radius 2 is 0.859 bits per heavy atom. The van der Waals surface area contributed by atoms with Gasteiger partial charge in [0.2, 0.25) is 5.91 Å². The molecule has 0 saturated heterocycles. The molecule has 0 bridgehead atoms. The molecule has 9 heteroatoms. The van der Waals surface area contributed by atoms with Gasteiger partial charge in [0.15, 0.2) is 0 Å². The lowest BCUT2D eigenvalue weighted by Gasteiger charge is -2.29. The molecule has 0 aromatic heterocycles. The van der Waals surface area contributed by atoms with Crippen LogP contribution in [0.5, 0.6) is 0 Å². The molecular weight excluding hydrogens is 900 g/mol. The van der Waals surface area contributed by atoms with Crippen molar-refractivity contribution in [1.82, 2.24) is 5.32 Å². The van der Waals surface area contributed by atoms with Gasteiger partial charge in [0.05, 0.1) is 39.9 Å². The maximum absolute atomic E-state index is 12.9. The number of allylic oxidation sites excluding steroid dienone is 13. The van der Waals surface area contributed by atoms with Gasteiger partial charge in [-0.25, -0.2) is 0 Å². The molecule has 2 N–H and O–H groups in total. The number of carbonyl (C=O) groups excluding carboxylic acids is 1. The Labute approximate surface area is 439 Å². The van der Waals surface area contributed by atoms with E-state index in [2.05, 4.69) is 79.9 Å². The smallest absolute Gasteiger partial charge is 0.268 e. The molecule has 0 aromatic rings. The number of aliphatic hydroxyl groups excluding tert-OH is 1. The Balaban J connectivity index is 4.24. The molecule has 0 aliphatic carbocycles.